The predicted octanol–water partition coefficient (Wildman–Crippen LogP) is 4.44. The van der Waals surface area contributed by atoms with E-state index in [4.69, 9.17) is 15.1 Å². The van der Waals surface area contributed by atoms with Crippen LogP contribution in [0.2, 0.25) is 0 Å². The van der Waals surface area contributed by atoms with Gasteiger partial charge < -0.3 is 19.3 Å². The van der Waals surface area contributed by atoms with Crippen molar-refractivity contribution in [3.63, 3.8) is 0 Å². The zero-order valence-corrected chi connectivity index (χ0v) is 16.4. The number of nitrogens with one attached hydrogen (secondary N) is 1. The van der Waals surface area contributed by atoms with Gasteiger partial charge in [0.25, 0.3) is 0 Å². The highest BCUT2D eigenvalue weighted by molar-refractivity contribution is 6.30. The molecule has 0 fully saturated rings. The third-order valence-electron chi connectivity index (χ3n) is 4.97. The number of hydrogen-bond acceptors (Lipinski definition) is 4. The average molecular weight is 376 g/mol. The van der Waals surface area contributed by atoms with Crippen molar-refractivity contribution in [2.75, 3.05) is 18.1 Å². The number of fused-ring (bicyclic) bond motifs is 1. The predicted molar refractivity (Wildman–Crippen MR) is 112 cm³/mol. The molecule has 2 heterocycles. The van der Waals surface area contributed by atoms with Crippen LogP contribution in [0, 0.1) is 12.3 Å². The molecule has 4 rings (SSSR count). The number of aliphatic hydroxyl groups is 1. The summed E-state index contributed by atoms with van der Waals surface area (Å²) in [5.74, 6) is 1.75. The summed E-state index contributed by atoms with van der Waals surface area (Å²) in [5, 5.41) is 19.4. The molecule has 2 aromatic carbocycles. The van der Waals surface area contributed by atoms with Crippen molar-refractivity contribution >= 4 is 28.1 Å². The molecule has 3 aromatic rings. The second kappa shape index (κ2) is 7.03. The van der Waals surface area contributed by atoms with E-state index in [0.29, 0.717) is 18.0 Å². The Bertz CT molecular complexity index is 1100. The Balaban J connectivity index is 1.69. The van der Waals surface area contributed by atoms with Crippen molar-refractivity contribution in [1.29, 1.82) is 5.41 Å². The summed E-state index contributed by atoms with van der Waals surface area (Å²) in [7, 11) is 1.91. The molecule has 1 aromatic heterocycles. The molecule has 0 atom stereocenters. The quantitative estimate of drug-likeness (QED) is 0.690. The first-order chi connectivity index (χ1) is 13.5. The lowest BCUT2D eigenvalue weighted by atomic mass is 10.2. The van der Waals surface area contributed by atoms with Crippen molar-refractivity contribution in [2.24, 2.45) is 7.05 Å². The summed E-state index contributed by atoms with van der Waals surface area (Å²) < 4.78 is 7.64. The standard InChI is InChI=1S/C22H24N4O2/c1-4-10-28-16-7-5-6-15(12-16)26-13-19(27)20(21(26)23)22-24-17-11-14(2)8-9-18(17)25(22)3/h5-9,11-12,23,27H,4,10,13H2,1-3H3. The number of amidine groups is 1. The van der Waals surface area contributed by atoms with Crippen LogP contribution in [-0.4, -0.2) is 33.6 Å². The van der Waals surface area contributed by atoms with E-state index in [0.717, 1.165) is 34.5 Å². The molecule has 0 unspecified atom stereocenters. The first-order valence-corrected chi connectivity index (χ1v) is 9.44. The number of aliphatic hydroxyl groups excluding tert-OH is 1. The van der Waals surface area contributed by atoms with Gasteiger partial charge in [-0.05, 0) is 43.2 Å². The molecule has 0 amide bonds. The number of aromatic nitrogens is 2. The van der Waals surface area contributed by atoms with Crippen LogP contribution in [0.1, 0.15) is 24.7 Å². The van der Waals surface area contributed by atoms with Gasteiger partial charge >= 0.3 is 0 Å². The van der Waals surface area contributed by atoms with Gasteiger partial charge in [-0.25, -0.2) is 4.98 Å². The van der Waals surface area contributed by atoms with E-state index in [1.807, 2.05) is 61.0 Å². The number of anilines is 1. The fourth-order valence-electron chi connectivity index (χ4n) is 3.53. The maximum Gasteiger partial charge on any atom is 0.148 e. The van der Waals surface area contributed by atoms with Crippen molar-refractivity contribution in [2.45, 2.75) is 20.3 Å². The molecule has 144 valence electrons. The Labute approximate surface area is 164 Å². The lowest BCUT2D eigenvalue weighted by Crippen LogP contribution is -2.26. The molecule has 1 aliphatic rings. The molecule has 0 saturated heterocycles. The number of rotatable bonds is 5. The molecular weight excluding hydrogens is 352 g/mol. The van der Waals surface area contributed by atoms with E-state index in [2.05, 4.69) is 6.92 Å². The molecule has 0 saturated carbocycles. The first kappa shape index (κ1) is 18.1. The highest BCUT2D eigenvalue weighted by Crippen LogP contribution is 2.33. The van der Waals surface area contributed by atoms with Crippen LogP contribution >= 0.6 is 0 Å². The number of imidazole rings is 1. The van der Waals surface area contributed by atoms with Crippen molar-refractivity contribution < 1.29 is 9.84 Å². The monoisotopic (exact) mass is 376 g/mol. The molecule has 0 radical (unpaired) electrons. The minimum absolute atomic E-state index is 0.153. The zero-order chi connectivity index (χ0) is 19.8. The van der Waals surface area contributed by atoms with Gasteiger partial charge in [-0.2, -0.15) is 0 Å². The van der Waals surface area contributed by atoms with Crippen LogP contribution in [0.25, 0.3) is 16.6 Å². The Morgan fingerprint density at radius 3 is 2.82 bits per heavy atom. The lowest BCUT2D eigenvalue weighted by molar-refractivity contribution is 0.317. The summed E-state index contributed by atoms with van der Waals surface area (Å²) in [4.78, 5) is 6.47. The van der Waals surface area contributed by atoms with Crippen molar-refractivity contribution in [3.8, 4) is 5.75 Å². The molecule has 0 aliphatic carbocycles. The second-order valence-corrected chi connectivity index (χ2v) is 7.09. The Kier molecular flexibility index (Phi) is 4.55. The largest absolute Gasteiger partial charge is 0.509 e. The summed E-state index contributed by atoms with van der Waals surface area (Å²) in [6, 6.07) is 13.7. The highest BCUT2D eigenvalue weighted by Gasteiger charge is 2.32. The number of hydrogen-bond donors (Lipinski definition) is 2. The number of benzene rings is 2. The molecule has 0 bridgehead atoms. The smallest absolute Gasteiger partial charge is 0.148 e. The molecule has 6 nitrogen and oxygen atoms in total. The van der Waals surface area contributed by atoms with Gasteiger partial charge in [0.1, 0.15) is 23.2 Å². The molecular formula is C22H24N4O2. The fourth-order valence-corrected chi connectivity index (χ4v) is 3.53. The number of nitrogens with zero attached hydrogens (tertiary/aromatic N) is 3. The summed E-state index contributed by atoms with van der Waals surface area (Å²) in [6.07, 6.45) is 0.933. The van der Waals surface area contributed by atoms with Crippen molar-refractivity contribution in [1.82, 2.24) is 9.55 Å². The van der Waals surface area contributed by atoms with Crippen molar-refractivity contribution in [3.05, 3.63) is 59.6 Å². The van der Waals surface area contributed by atoms with Gasteiger partial charge in [0, 0.05) is 18.8 Å². The van der Waals surface area contributed by atoms with Gasteiger partial charge in [-0.1, -0.05) is 19.1 Å². The minimum atomic E-state index is 0.153. The third-order valence-corrected chi connectivity index (χ3v) is 4.97. The molecule has 0 spiro atoms. The Morgan fingerprint density at radius 1 is 1.21 bits per heavy atom. The van der Waals surface area contributed by atoms with E-state index in [-0.39, 0.29) is 18.1 Å². The average Bonchev–Trinajstić information content (AvgIpc) is 3.15. The van der Waals surface area contributed by atoms with Gasteiger partial charge in [0.15, 0.2) is 0 Å². The van der Waals surface area contributed by atoms with E-state index < -0.39 is 0 Å². The topological polar surface area (TPSA) is 74.4 Å². The first-order valence-electron chi connectivity index (χ1n) is 9.44. The van der Waals surface area contributed by atoms with Crippen LogP contribution in [0.4, 0.5) is 5.69 Å². The van der Waals surface area contributed by atoms with Gasteiger partial charge in [0.2, 0.25) is 0 Å². The summed E-state index contributed by atoms with van der Waals surface area (Å²) >= 11 is 0. The minimum Gasteiger partial charge on any atom is -0.509 e. The zero-order valence-electron chi connectivity index (χ0n) is 16.4. The van der Waals surface area contributed by atoms with Gasteiger partial charge in [-0.3, -0.25) is 5.41 Å². The Morgan fingerprint density at radius 2 is 2.04 bits per heavy atom. The van der Waals surface area contributed by atoms with E-state index in [1.54, 1.807) is 4.90 Å². The van der Waals surface area contributed by atoms with Crippen LogP contribution < -0.4 is 9.64 Å². The molecule has 2 N–H and O–H groups in total. The van der Waals surface area contributed by atoms with Gasteiger partial charge in [0.05, 0.1) is 29.8 Å². The van der Waals surface area contributed by atoms with E-state index in [9.17, 15) is 5.11 Å². The maximum absolute atomic E-state index is 10.7. The number of ether oxygens (including phenoxy) is 1. The van der Waals surface area contributed by atoms with E-state index >= 15 is 0 Å². The number of aryl methyl sites for hydroxylation is 2. The lowest BCUT2D eigenvalue weighted by Gasteiger charge is -2.19. The molecule has 28 heavy (non-hydrogen) atoms. The van der Waals surface area contributed by atoms with Gasteiger partial charge in [-0.15, -0.1) is 0 Å². The highest BCUT2D eigenvalue weighted by atomic mass is 16.5. The second-order valence-electron chi connectivity index (χ2n) is 7.09. The van der Waals surface area contributed by atoms with E-state index in [1.165, 1.54) is 0 Å². The van der Waals surface area contributed by atoms with Crippen LogP contribution in [-0.2, 0) is 7.05 Å². The fraction of sp³-hybridized carbons (Fsp3) is 0.273. The molecule has 1 aliphatic heterocycles. The summed E-state index contributed by atoms with van der Waals surface area (Å²) in [5.41, 5.74) is 4.24. The maximum atomic E-state index is 10.7. The SMILES string of the molecule is CCCOc1cccc(N2CC(O)=C(c3nc4cc(C)ccc4n3C)C2=N)c1. The van der Waals surface area contributed by atoms with Crippen LogP contribution in [0.3, 0.4) is 0 Å². The molecule has 6 heteroatoms. The van der Waals surface area contributed by atoms with Crippen LogP contribution in [0.15, 0.2) is 48.2 Å². The Hall–Kier alpha value is -3.28. The third kappa shape index (κ3) is 3.01. The van der Waals surface area contributed by atoms with Crippen LogP contribution in [0.5, 0.6) is 5.75 Å². The normalized spacial score (nSPS) is 14.4. The summed E-state index contributed by atoms with van der Waals surface area (Å²) in [6.45, 7) is 4.98.